The molecular formula is C17H13Cl3N2S. The number of benzene rings is 2. The molecule has 0 saturated carbocycles. The highest BCUT2D eigenvalue weighted by Crippen LogP contribution is 2.35. The summed E-state index contributed by atoms with van der Waals surface area (Å²) < 4.78 is 0. The number of rotatable bonds is 3. The molecule has 118 valence electrons. The van der Waals surface area contributed by atoms with Crippen molar-refractivity contribution in [1.82, 2.24) is 4.98 Å². The molecule has 1 heterocycles. The Morgan fingerprint density at radius 3 is 2.39 bits per heavy atom. The highest BCUT2D eigenvalue weighted by molar-refractivity contribution is 7.16. The molecule has 0 aliphatic rings. The van der Waals surface area contributed by atoms with Crippen LogP contribution in [0.1, 0.15) is 10.4 Å². The first-order valence-electron chi connectivity index (χ1n) is 6.90. The normalized spacial score (nSPS) is 10.8. The molecule has 3 rings (SSSR count). The van der Waals surface area contributed by atoms with Crippen molar-refractivity contribution < 1.29 is 0 Å². The van der Waals surface area contributed by atoms with Crippen molar-refractivity contribution in [3.63, 3.8) is 0 Å². The molecule has 0 amide bonds. The Morgan fingerprint density at radius 2 is 1.70 bits per heavy atom. The molecule has 0 aliphatic heterocycles. The number of nitrogens with one attached hydrogen (secondary N) is 1. The summed E-state index contributed by atoms with van der Waals surface area (Å²) in [6.07, 6.45) is 0. The van der Waals surface area contributed by atoms with E-state index in [1.807, 2.05) is 44.2 Å². The van der Waals surface area contributed by atoms with Crippen molar-refractivity contribution in [2.75, 3.05) is 5.32 Å². The molecule has 1 N–H and O–H groups in total. The largest absolute Gasteiger partial charge is 0.331 e. The highest BCUT2D eigenvalue weighted by Gasteiger charge is 2.12. The summed E-state index contributed by atoms with van der Waals surface area (Å²) in [6, 6.07) is 11.4. The molecule has 3 aromatic rings. The van der Waals surface area contributed by atoms with Gasteiger partial charge >= 0.3 is 0 Å². The van der Waals surface area contributed by atoms with Gasteiger partial charge < -0.3 is 5.32 Å². The summed E-state index contributed by atoms with van der Waals surface area (Å²) in [5.41, 5.74) is 3.80. The maximum atomic E-state index is 6.16. The van der Waals surface area contributed by atoms with Gasteiger partial charge in [-0.15, -0.1) is 11.3 Å². The van der Waals surface area contributed by atoms with Crippen LogP contribution in [0.4, 0.5) is 10.8 Å². The van der Waals surface area contributed by atoms with Crippen molar-refractivity contribution in [3.8, 4) is 11.3 Å². The summed E-state index contributed by atoms with van der Waals surface area (Å²) in [4.78, 5) is 5.76. The quantitative estimate of drug-likeness (QED) is 0.520. The van der Waals surface area contributed by atoms with Gasteiger partial charge in [0.15, 0.2) is 5.13 Å². The number of thiazole rings is 1. The van der Waals surface area contributed by atoms with Gasteiger partial charge in [0.05, 0.1) is 15.7 Å². The first-order chi connectivity index (χ1) is 10.9. The van der Waals surface area contributed by atoms with Crippen LogP contribution < -0.4 is 5.32 Å². The van der Waals surface area contributed by atoms with Gasteiger partial charge in [0.2, 0.25) is 0 Å². The maximum absolute atomic E-state index is 6.16. The fourth-order valence-corrected chi connectivity index (χ4v) is 3.49. The van der Waals surface area contributed by atoms with E-state index in [0.29, 0.717) is 10.0 Å². The van der Waals surface area contributed by atoms with Crippen LogP contribution >= 0.6 is 46.1 Å². The van der Waals surface area contributed by atoms with E-state index in [1.165, 1.54) is 0 Å². The van der Waals surface area contributed by atoms with Gasteiger partial charge in [-0.1, -0.05) is 46.9 Å². The number of aromatic nitrogens is 1. The van der Waals surface area contributed by atoms with Crippen LogP contribution in [0.5, 0.6) is 0 Å². The summed E-state index contributed by atoms with van der Waals surface area (Å²) in [6.45, 7) is 4.00. The molecule has 0 saturated heterocycles. The summed E-state index contributed by atoms with van der Waals surface area (Å²) in [7, 11) is 0. The zero-order valence-corrected chi connectivity index (χ0v) is 15.5. The third-order valence-electron chi connectivity index (χ3n) is 3.41. The van der Waals surface area contributed by atoms with Gasteiger partial charge in [-0.05, 0) is 43.7 Å². The first-order valence-corrected chi connectivity index (χ1v) is 8.85. The molecule has 0 spiro atoms. The minimum atomic E-state index is 0.524. The monoisotopic (exact) mass is 382 g/mol. The van der Waals surface area contributed by atoms with Gasteiger partial charge in [-0.3, -0.25) is 0 Å². The van der Waals surface area contributed by atoms with Crippen molar-refractivity contribution in [2.45, 2.75) is 13.8 Å². The average molecular weight is 384 g/mol. The van der Waals surface area contributed by atoms with Crippen molar-refractivity contribution in [1.29, 1.82) is 0 Å². The predicted molar refractivity (Wildman–Crippen MR) is 102 cm³/mol. The van der Waals surface area contributed by atoms with Crippen LogP contribution in [0.25, 0.3) is 11.3 Å². The van der Waals surface area contributed by atoms with Gasteiger partial charge in [-0.25, -0.2) is 4.98 Å². The fourth-order valence-electron chi connectivity index (χ4n) is 2.16. The Labute approximate surface area is 154 Å². The van der Waals surface area contributed by atoms with Crippen LogP contribution in [0.15, 0.2) is 36.4 Å². The molecule has 0 radical (unpaired) electrons. The molecule has 1 aromatic heterocycles. The second-order valence-electron chi connectivity index (χ2n) is 5.14. The van der Waals surface area contributed by atoms with Gasteiger partial charge in [0.1, 0.15) is 0 Å². The SMILES string of the molecule is Cc1ccc(Nc2nc(-c3ccc(Cl)c(Cl)c3)c(C)s2)cc1Cl. The molecule has 23 heavy (non-hydrogen) atoms. The Balaban J connectivity index is 1.91. The molecule has 0 bridgehead atoms. The second kappa shape index (κ2) is 6.70. The Hall–Kier alpha value is -1.26. The van der Waals surface area contributed by atoms with Crippen LogP contribution in [-0.2, 0) is 0 Å². The molecule has 0 atom stereocenters. The van der Waals surface area contributed by atoms with Crippen LogP contribution in [0, 0.1) is 13.8 Å². The van der Waals surface area contributed by atoms with Crippen LogP contribution in [0.3, 0.4) is 0 Å². The molecule has 0 aliphatic carbocycles. The minimum absolute atomic E-state index is 0.524. The summed E-state index contributed by atoms with van der Waals surface area (Å²) >= 11 is 19.8. The first kappa shape index (κ1) is 16.6. The fraction of sp³-hybridized carbons (Fsp3) is 0.118. The summed E-state index contributed by atoms with van der Waals surface area (Å²) in [5.74, 6) is 0. The van der Waals surface area contributed by atoms with E-state index in [0.717, 1.165) is 37.5 Å². The van der Waals surface area contributed by atoms with E-state index in [4.69, 9.17) is 34.8 Å². The minimum Gasteiger partial charge on any atom is -0.331 e. The third-order valence-corrected chi connectivity index (χ3v) is 5.45. The highest BCUT2D eigenvalue weighted by atomic mass is 35.5. The van der Waals surface area contributed by atoms with Crippen molar-refractivity contribution >= 4 is 57.0 Å². The smallest absolute Gasteiger partial charge is 0.187 e. The third kappa shape index (κ3) is 3.64. The Kier molecular flexibility index (Phi) is 4.83. The molecule has 0 fully saturated rings. The lowest BCUT2D eigenvalue weighted by molar-refractivity contribution is 1.35. The lowest BCUT2D eigenvalue weighted by atomic mass is 10.1. The molecule has 2 nitrogen and oxygen atoms in total. The molecule has 6 heteroatoms. The van der Waals surface area contributed by atoms with E-state index < -0.39 is 0 Å². The van der Waals surface area contributed by atoms with E-state index in [9.17, 15) is 0 Å². The van der Waals surface area contributed by atoms with Crippen molar-refractivity contribution in [2.24, 2.45) is 0 Å². The standard InChI is InChI=1S/C17H13Cl3N2S/c1-9-3-5-12(8-14(9)19)21-17-22-16(10(2)23-17)11-4-6-13(18)15(20)7-11/h3-8H,1-2H3,(H,21,22). The zero-order valence-electron chi connectivity index (χ0n) is 12.5. The number of aryl methyl sites for hydroxylation is 2. The van der Waals surface area contributed by atoms with E-state index in [1.54, 1.807) is 17.4 Å². The second-order valence-corrected chi connectivity index (χ2v) is 7.57. The van der Waals surface area contributed by atoms with E-state index >= 15 is 0 Å². The van der Waals surface area contributed by atoms with Crippen LogP contribution in [-0.4, -0.2) is 4.98 Å². The number of hydrogen-bond acceptors (Lipinski definition) is 3. The maximum Gasteiger partial charge on any atom is 0.187 e. The molecular weight excluding hydrogens is 371 g/mol. The zero-order chi connectivity index (χ0) is 16.6. The summed E-state index contributed by atoms with van der Waals surface area (Å²) in [5, 5.41) is 5.89. The number of halogens is 3. The van der Waals surface area contributed by atoms with Crippen LogP contribution in [0.2, 0.25) is 15.1 Å². The van der Waals surface area contributed by atoms with Crippen molar-refractivity contribution in [3.05, 3.63) is 61.9 Å². The number of hydrogen-bond donors (Lipinski definition) is 1. The topological polar surface area (TPSA) is 24.9 Å². The predicted octanol–water partition coefficient (Wildman–Crippen LogP) is 7.13. The molecule has 2 aromatic carbocycles. The van der Waals surface area contributed by atoms with Gasteiger partial charge in [0.25, 0.3) is 0 Å². The number of nitrogens with zero attached hydrogens (tertiary/aromatic N) is 1. The molecule has 0 unspecified atom stereocenters. The lowest BCUT2D eigenvalue weighted by Crippen LogP contribution is -1.90. The Morgan fingerprint density at radius 1 is 0.913 bits per heavy atom. The van der Waals surface area contributed by atoms with E-state index in [-0.39, 0.29) is 0 Å². The van der Waals surface area contributed by atoms with Gasteiger partial charge in [-0.2, -0.15) is 0 Å². The lowest BCUT2D eigenvalue weighted by Gasteiger charge is -2.04. The van der Waals surface area contributed by atoms with Gasteiger partial charge in [0, 0.05) is 21.2 Å². The van der Waals surface area contributed by atoms with E-state index in [2.05, 4.69) is 10.3 Å². The number of anilines is 2. The Bertz CT molecular complexity index is 874. The average Bonchev–Trinajstić information content (AvgIpc) is 2.86.